The molecule has 0 aliphatic heterocycles. The summed E-state index contributed by atoms with van der Waals surface area (Å²) < 4.78 is 42.5. The van der Waals surface area contributed by atoms with Crippen LogP contribution in [0.5, 0.6) is 0 Å². The van der Waals surface area contributed by atoms with E-state index in [1.165, 1.54) is 6.07 Å². The second kappa shape index (κ2) is 9.97. The second-order valence-electron chi connectivity index (χ2n) is 8.69. The Morgan fingerprint density at radius 1 is 1.06 bits per heavy atom. The van der Waals surface area contributed by atoms with Crippen LogP contribution >= 0.6 is 0 Å². The molecular formula is C25H28FN3O3S. The van der Waals surface area contributed by atoms with Gasteiger partial charge in [-0.15, -0.1) is 0 Å². The number of aromatic nitrogens is 1. The number of sulfonamides is 1. The van der Waals surface area contributed by atoms with Crippen LogP contribution in [0.2, 0.25) is 0 Å². The van der Waals surface area contributed by atoms with Gasteiger partial charge in [0.25, 0.3) is 0 Å². The molecule has 1 N–H and O–H groups in total. The number of carbonyl (C=O) groups excluding carboxylic acids is 1. The minimum Gasteiger partial charge on any atom is -0.341 e. The SMILES string of the molecule is CN(Cc1ccccc1F)C(=O)C1CCC(CNS(=O)(=O)c2cccc3cccnc23)CC1. The molecule has 8 heteroatoms. The summed E-state index contributed by atoms with van der Waals surface area (Å²) in [6.07, 6.45) is 4.51. The maximum Gasteiger partial charge on any atom is 0.242 e. The Balaban J connectivity index is 1.31. The molecular weight excluding hydrogens is 441 g/mol. The number of fused-ring (bicyclic) bond motifs is 1. The lowest BCUT2D eigenvalue weighted by Gasteiger charge is -2.30. The van der Waals surface area contributed by atoms with E-state index in [0.29, 0.717) is 30.5 Å². The first-order valence-electron chi connectivity index (χ1n) is 11.2. The maximum atomic E-state index is 13.9. The smallest absolute Gasteiger partial charge is 0.242 e. The van der Waals surface area contributed by atoms with Gasteiger partial charge < -0.3 is 4.90 Å². The summed E-state index contributed by atoms with van der Waals surface area (Å²) in [7, 11) is -1.99. The van der Waals surface area contributed by atoms with Gasteiger partial charge in [0.15, 0.2) is 0 Å². The van der Waals surface area contributed by atoms with Crippen molar-refractivity contribution in [2.24, 2.45) is 11.8 Å². The van der Waals surface area contributed by atoms with Crippen molar-refractivity contribution in [3.8, 4) is 0 Å². The van der Waals surface area contributed by atoms with Crippen LogP contribution in [-0.2, 0) is 21.4 Å². The monoisotopic (exact) mass is 469 g/mol. The van der Waals surface area contributed by atoms with Crippen molar-refractivity contribution in [2.75, 3.05) is 13.6 Å². The highest BCUT2D eigenvalue weighted by molar-refractivity contribution is 7.89. The Morgan fingerprint density at radius 2 is 1.79 bits per heavy atom. The average Bonchev–Trinajstić information content (AvgIpc) is 2.83. The Labute approximate surface area is 193 Å². The van der Waals surface area contributed by atoms with Gasteiger partial charge in [0.2, 0.25) is 15.9 Å². The Bertz CT molecular complexity index is 1240. The average molecular weight is 470 g/mol. The zero-order chi connectivity index (χ0) is 23.4. The fraction of sp³-hybridized carbons (Fsp3) is 0.360. The number of rotatable bonds is 7. The van der Waals surface area contributed by atoms with E-state index in [0.717, 1.165) is 18.2 Å². The predicted octanol–water partition coefficient (Wildman–Crippen LogP) is 4.12. The van der Waals surface area contributed by atoms with Gasteiger partial charge in [-0.3, -0.25) is 9.78 Å². The molecule has 33 heavy (non-hydrogen) atoms. The van der Waals surface area contributed by atoms with Gasteiger partial charge in [0, 0.05) is 43.2 Å². The Hall–Kier alpha value is -2.84. The van der Waals surface area contributed by atoms with Crippen molar-refractivity contribution in [1.29, 1.82) is 0 Å². The number of benzene rings is 2. The summed E-state index contributed by atoms with van der Waals surface area (Å²) in [4.78, 5) is 18.8. The lowest BCUT2D eigenvalue weighted by molar-refractivity contribution is -0.136. The number of halogens is 1. The fourth-order valence-electron chi connectivity index (χ4n) is 4.48. The predicted molar refractivity (Wildman–Crippen MR) is 125 cm³/mol. The molecule has 1 fully saturated rings. The summed E-state index contributed by atoms with van der Waals surface area (Å²) in [6, 6.07) is 15.2. The Morgan fingerprint density at radius 3 is 2.55 bits per heavy atom. The minimum absolute atomic E-state index is 0.0131. The van der Waals surface area contributed by atoms with Crippen LogP contribution in [-0.4, -0.2) is 37.8 Å². The van der Waals surface area contributed by atoms with Gasteiger partial charge in [0.1, 0.15) is 10.7 Å². The van der Waals surface area contributed by atoms with Gasteiger partial charge in [-0.2, -0.15) is 0 Å². The fourth-order valence-corrected chi connectivity index (χ4v) is 5.78. The molecule has 0 bridgehead atoms. The molecule has 2 aromatic carbocycles. The number of nitrogens with one attached hydrogen (secondary N) is 1. The summed E-state index contributed by atoms with van der Waals surface area (Å²) >= 11 is 0. The third-order valence-electron chi connectivity index (χ3n) is 6.38. The van der Waals surface area contributed by atoms with Crippen LogP contribution in [0.25, 0.3) is 10.9 Å². The standard InChI is InChI=1S/C25H28FN3O3S/c1-29(17-21-6-2-3-9-22(21)26)25(30)20-13-11-18(12-14-20)16-28-33(31,32)23-10-4-7-19-8-5-15-27-24(19)23/h2-10,15,18,20,28H,11-14,16-17H2,1H3. The van der Waals surface area contributed by atoms with Crippen molar-refractivity contribution >= 4 is 26.8 Å². The molecule has 0 spiro atoms. The van der Waals surface area contributed by atoms with Crippen LogP contribution < -0.4 is 4.72 Å². The van der Waals surface area contributed by atoms with E-state index >= 15 is 0 Å². The highest BCUT2D eigenvalue weighted by atomic mass is 32.2. The van der Waals surface area contributed by atoms with E-state index in [4.69, 9.17) is 0 Å². The van der Waals surface area contributed by atoms with E-state index in [9.17, 15) is 17.6 Å². The second-order valence-corrected chi connectivity index (χ2v) is 10.4. The molecule has 0 radical (unpaired) electrons. The van der Waals surface area contributed by atoms with E-state index < -0.39 is 10.0 Å². The molecule has 1 amide bonds. The molecule has 4 rings (SSSR count). The quantitative estimate of drug-likeness (QED) is 0.565. The van der Waals surface area contributed by atoms with E-state index in [2.05, 4.69) is 9.71 Å². The number of nitrogens with zero attached hydrogens (tertiary/aromatic N) is 2. The molecule has 0 atom stereocenters. The van der Waals surface area contributed by atoms with Crippen LogP contribution in [0, 0.1) is 17.7 Å². The summed E-state index contributed by atoms with van der Waals surface area (Å²) in [5.41, 5.74) is 0.957. The molecule has 1 aromatic heterocycles. The minimum atomic E-state index is -3.69. The van der Waals surface area contributed by atoms with E-state index in [-0.39, 0.29) is 35.0 Å². The van der Waals surface area contributed by atoms with Crippen molar-refractivity contribution < 1.29 is 17.6 Å². The van der Waals surface area contributed by atoms with Crippen molar-refractivity contribution in [3.05, 3.63) is 72.2 Å². The number of hydrogen-bond acceptors (Lipinski definition) is 4. The maximum absolute atomic E-state index is 13.9. The molecule has 1 heterocycles. The van der Waals surface area contributed by atoms with Gasteiger partial charge in [-0.25, -0.2) is 17.5 Å². The summed E-state index contributed by atoms with van der Waals surface area (Å²) in [6.45, 7) is 0.571. The van der Waals surface area contributed by atoms with Crippen LogP contribution in [0.1, 0.15) is 31.2 Å². The number of para-hydroxylation sites is 1. The van der Waals surface area contributed by atoms with Crippen LogP contribution in [0.4, 0.5) is 4.39 Å². The topological polar surface area (TPSA) is 79.4 Å². The first-order chi connectivity index (χ1) is 15.8. The van der Waals surface area contributed by atoms with Crippen molar-refractivity contribution in [2.45, 2.75) is 37.1 Å². The third-order valence-corrected chi connectivity index (χ3v) is 7.84. The molecule has 1 aliphatic rings. The molecule has 6 nitrogen and oxygen atoms in total. The third kappa shape index (κ3) is 5.39. The lowest BCUT2D eigenvalue weighted by atomic mass is 9.81. The van der Waals surface area contributed by atoms with Gasteiger partial charge in [-0.05, 0) is 49.8 Å². The molecule has 0 saturated heterocycles. The van der Waals surface area contributed by atoms with Crippen molar-refractivity contribution in [3.63, 3.8) is 0 Å². The molecule has 174 valence electrons. The van der Waals surface area contributed by atoms with Crippen LogP contribution in [0.15, 0.2) is 65.7 Å². The van der Waals surface area contributed by atoms with Crippen LogP contribution in [0.3, 0.4) is 0 Å². The van der Waals surface area contributed by atoms with Gasteiger partial charge >= 0.3 is 0 Å². The van der Waals surface area contributed by atoms with Crippen molar-refractivity contribution in [1.82, 2.24) is 14.6 Å². The molecule has 1 saturated carbocycles. The van der Waals surface area contributed by atoms with E-state index in [1.54, 1.807) is 54.5 Å². The first kappa shape index (κ1) is 23.3. The highest BCUT2D eigenvalue weighted by Gasteiger charge is 2.29. The molecule has 3 aromatic rings. The number of carbonyl (C=O) groups is 1. The molecule has 0 unspecified atom stereocenters. The number of pyridine rings is 1. The largest absolute Gasteiger partial charge is 0.341 e. The zero-order valence-electron chi connectivity index (χ0n) is 18.6. The first-order valence-corrected chi connectivity index (χ1v) is 12.7. The summed E-state index contributed by atoms with van der Waals surface area (Å²) in [5, 5.41) is 0.777. The summed E-state index contributed by atoms with van der Waals surface area (Å²) in [5.74, 6) is -0.241. The van der Waals surface area contributed by atoms with E-state index in [1.807, 2.05) is 12.1 Å². The zero-order valence-corrected chi connectivity index (χ0v) is 19.4. The molecule has 1 aliphatic carbocycles. The normalized spacial score (nSPS) is 18.8. The number of hydrogen-bond donors (Lipinski definition) is 1. The highest BCUT2D eigenvalue weighted by Crippen LogP contribution is 2.30. The Kier molecular flexibility index (Phi) is 7.05. The van der Waals surface area contributed by atoms with Gasteiger partial charge in [-0.1, -0.05) is 36.4 Å². The lowest BCUT2D eigenvalue weighted by Crippen LogP contribution is -2.37. The number of amides is 1. The van der Waals surface area contributed by atoms with Gasteiger partial charge in [0.05, 0.1) is 5.52 Å².